The lowest BCUT2D eigenvalue weighted by atomic mass is 10.2. The number of hydrazone groups is 1. The first-order valence-electron chi connectivity index (χ1n) is 5.31. The van der Waals surface area contributed by atoms with E-state index in [0.29, 0.717) is 5.82 Å². The molecule has 1 heterocycles. The average Bonchev–Trinajstić information content (AvgIpc) is 2.41. The number of nitro groups is 1. The molecule has 0 saturated carbocycles. The van der Waals surface area contributed by atoms with Gasteiger partial charge >= 0.3 is 0 Å². The molecule has 1 aromatic carbocycles. The fourth-order valence-electron chi connectivity index (χ4n) is 1.31. The molecule has 0 aliphatic rings. The highest BCUT2D eigenvalue weighted by Crippen LogP contribution is 2.14. The summed E-state index contributed by atoms with van der Waals surface area (Å²) in [7, 11) is 0. The van der Waals surface area contributed by atoms with Crippen LogP contribution in [0.5, 0.6) is 0 Å². The van der Waals surface area contributed by atoms with Crippen molar-refractivity contribution in [1.82, 2.24) is 4.98 Å². The van der Waals surface area contributed by atoms with E-state index in [4.69, 9.17) is 0 Å². The summed E-state index contributed by atoms with van der Waals surface area (Å²) in [5.74, 6) is 0.439. The van der Waals surface area contributed by atoms with E-state index in [1.165, 1.54) is 18.3 Å². The largest absolute Gasteiger partial charge is 0.287 e. The minimum atomic E-state index is -0.499. The molecule has 0 spiro atoms. The Bertz CT molecular complexity index is 613. The van der Waals surface area contributed by atoms with Crippen LogP contribution in [-0.2, 0) is 0 Å². The number of benzene rings is 1. The molecule has 0 aliphatic heterocycles. The summed E-state index contributed by atoms with van der Waals surface area (Å²) in [6.45, 7) is 0. The third-order valence-electron chi connectivity index (χ3n) is 2.25. The molecule has 0 atom stereocenters. The summed E-state index contributed by atoms with van der Waals surface area (Å²) in [5, 5.41) is 14.5. The number of pyridine rings is 1. The van der Waals surface area contributed by atoms with E-state index in [1.54, 1.807) is 6.21 Å². The van der Waals surface area contributed by atoms with Crippen molar-refractivity contribution in [2.75, 3.05) is 5.43 Å². The second kappa shape index (κ2) is 6.05. The van der Waals surface area contributed by atoms with Gasteiger partial charge in [0.05, 0.1) is 11.1 Å². The Hall–Kier alpha value is -2.28. The van der Waals surface area contributed by atoms with Crippen LogP contribution >= 0.6 is 15.9 Å². The Morgan fingerprint density at radius 1 is 1.32 bits per heavy atom. The van der Waals surface area contributed by atoms with Crippen LogP contribution in [0.2, 0.25) is 0 Å². The molecule has 96 valence electrons. The van der Waals surface area contributed by atoms with Crippen molar-refractivity contribution in [2.24, 2.45) is 5.10 Å². The average molecular weight is 321 g/mol. The highest BCUT2D eigenvalue weighted by Gasteiger charge is 2.04. The number of nitrogens with zero attached hydrogens (tertiary/aromatic N) is 3. The monoisotopic (exact) mass is 320 g/mol. The quantitative estimate of drug-likeness (QED) is 0.533. The van der Waals surface area contributed by atoms with E-state index < -0.39 is 4.92 Å². The minimum absolute atomic E-state index is 0.0552. The van der Waals surface area contributed by atoms with Gasteiger partial charge in [-0.15, -0.1) is 0 Å². The molecule has 0 aliphatic carbocycles. The summed E-state index contributed by atoms with van der Waals surface area (Å²) in [5.41, 5.74) is 3.56. The molecule has 2 aromatic rings. The van der Waals surface area contributed by atoms with Crippen LogP contribution in [0, 0.1) is 10.1 Å². The fourth-order valence-corrected chi connectivity index (χ4v) is 1.70. The van der Waals surface area contributed by atoms with E-state index in [9.17, 15) is 10.1 Å². The molecule has 1 N–H and O–H groups in total. The first-order valence-corrected chi connectivity index (χ1v) is 6.10. The maximum atomic E-state index is 10.5. The van der Waals surface area contributed by atoms with E-state index >= 15 is 0 Å². The van der Waals surface area contributed by atoms with E-state index in [2.05, 4.69) is 31.4 Å². The highest BCUT2D eigenvalue weighted by atomic mass is 79.9. The second-order valence-corrected chi connectivity index (χ2v) is 4.40. The van der Waals surface area contributed by atoms with E-state index in [-0.39, 0.29) is 5.69 Å². The van der Waals surface area contributed by atoms with Crippen molar-refractivity contribution in [3.63, 3.8) is 0 Å². The number of aromatic nitrogens is 1. The fraction of sp³-hybridized carbons (Fsp3) is 0. The van der Waals surface area contributed by atoms with Crippen LogP contribution in [0.3, 0.4) is 0 Å². The maximum absolute atomic E-state index is 10.5. The van der Waals surface area contributed by atoms with Crippen LogP contribution in [0.15, 0.2) is 52.2 Å². The Labute approximate surface area is 117 Å². The Balaban J connectivity index is 2.03. The molecule has 6 nitrogen and oxygen atoms in total. The zero-order valence-electron chi connectivity index (χ0n) is 9.65. The molecule has 0 amide bonds. The van der Waals surface area contributed by atoms with Crippen molar-refractivity contribution in [3.8, 4) is 0 Å². The second-order valence-electron chi connectivity index (χ2n) is 3.55. The van der Waals surface area contributed by atoms with E-state index in [0.717, 1.165) is 10.0 Å². The lowest BCUT2D eigenvalue weighted by Gasteiger charge is -1.99. The molecular weight excluding hydrogens is 312 g/mol. The molecule has 19 heavy (non-hydrogen) atoms. The van der Waals surface area contributed by atoms with Crippen molar-refractivity contribution >= 4 is 33.6 Å². The molecule has 0 fully saturated rings. The summed E-state index contributed by atoms with van der Waals surface area (Å²) >= 11 is 3.40. The zero-order chi connectivity index (χ0) is 13.7. The maximum Gasteiger partial charge on any atom is 0.287 e. The molecular formula is C12H9BrN4O2. The highest BCUT2D eigenvalue weighted by molar-refractivity contribution is 9.10. The van der Waals surface area contributed by atoms with Gasteiger partial charge in [0, 0.05) is 16.1 Å². The Morgan fingerprint density at radius 2 is 2.11 bits per heavy atom. The SMILES string of the molecule is O=[N+]([O-])c1ccc(N/N=C\c2ccccc2Br)nc1. The van der Waals surface area contributed by atoms with Crippen LogP contribution in [0.1, 0.15) is 5.56 Å². The molecule has 2 rings (SSSR count). The predicted molar refractivity (Wildman–Crippen MR) is 76.3 cm³/mol. The summed E-state index contributed by atoms with van der Waals surface area (Å²) in [6.07, 6.45) is 2.81. The zero-order valence-corrected chi connectivity index (χ0v) is 11.2. The van der Waals surface area contributed by atoms with Gasteiger partial charge in [-0.3, -0.25) is 15.5 Å². The Kier molecular flexibility index (Phi) is 4.19. The number of hydrogen-bond donors (Lipinski definition) is 1. The molecule has 1 aromatic heterocycles. The first kappa shape index (κ1) is 13.2. The van der Waals surface area contributed by atoms with Crippen LogP contribution in [-0.4, -0.2) is 16.1 Å². The van der Waals surface area contributed by atoms with Gasteiger partial charge in [-0.1, -0.05) is 34.1 Å². The lowest BCUT2D eigenvalue weighted by molar-refractivity contribution is -0.385. The predicted octanol–water partition coefficient (Wildman–Crippen LogP) is 3.20. The van der Waals surface area contributed by atoms with Gasteiger partial charge < -0.3 is 0 Å². The van der Waals surface area contributed by atoms with Crippen molar-refractivity contribution in [3.05, 3.63) is 62.7 Å². The topological polar surface area (TPSA) is 80.4 Å². The molecule has 0 saturated heterocycles. The van der Waals surface area contributed by atoms with Gasteiger partial charge in [0.25, 0.3) is 5.69 Å². The Morgan fingerprint density at radius 3 is 2.74 bits per heavy atom. The van der Waals surface area contributed by atoms with Gasteiger partial charge in [-0.25, -0.2) is 4.98 Å². The number of halogens is 1. The number of anilines is 1. The molecule has 7 heteroatoms. The van der Waals surface area contributed by atoms with Crippen LogP contribution in [0.25, 0.3) is 0 Å². The number of nitrogens with one attached hydrogen (secondary N) is 1. The van der Waals surface area contributed by atoms with E-state index in [1.807, 2.05) is 24.3 Å². The third kappa shape index (κ3) is 3.59. The van der Waals surface area contributed by atoms with Crippen LogP contribution in [0.4, 0.5) is 11.5 Å². The van der Waals surface area contributed by atoms with Gasteiger partial charge in [0.15, 0.2) is 0 Å². The first-order chi connectivity index (χ1) is 9.16. The summed E-state index contributed by atoms with van der Waals surface area (Å²) in [4.78, 5) is 13.8. The minimum Gasteiger partial charge on any atom is -0.261 e. The summed E-state index contributed by atoms with van der Waals surface area (Å²) < 4.78 is 0.928. The van der Waals surface area contributed by atoms with Crippen molar-refractivity contribution < 1.29 is 4.92 Å². The van der Waals surface area contributed by atoms with Gasteiger partial charge in [0.2, 0.25) is 0 Å². The van der Waals surface area contributed by atoms with Crippen molar-refractivity contribution in [2.45, 2.75) is 0 Å². The van der Waals surface area contributed by atoms with Crippen LogP contribution < -0.4 is 5.43 Å². The summed E-state index contributed by atoms with van der Waals surface area (Å²) in [6, 6.07) is 10.5. The van der Waals surface area contributed by atoms with Gasteiger partial charge in [-0.2, -0.15) is 5.10 Å². The third-order valence-corrected chi connectivity index (χ3v) is 2.97. The van der Waals surface area contributed by atoms with Gasteiger partial charge in [0.1, 0.15) is 12.0 Å². The number of rotatable bonds is 4. The normalized spacial score (nSPS) is 10.6. The van der Waals surface area contributed by atoms with Crippen molar-refractivity contribution in [1.29, 1.82) is 0 Å². The van der Waals surface area contributed by atoms with Gasteiger partial charge in [-0.05, 0) is 12.1 Å². The molecule has 0 unspecified atom stereocenters. The lowest BCUT2D eigenvalue weighted by Crippen LogP contribution is -1.95. The molecule has 0 radical (unpaired) electrons. The number of hydrogen-bond acceptors (Lipinski definition) is 5. The molecule has 0 bridgehead atoms. The standard InChI is InChI=1S/C12H9BrN4O2/c13-11-4-2-1-3-9(11)7-15-16-12-6-5-10(8-14-12)17(18)19/h1-8H,(H,14,16)/b15-7-. The smallest absolute Gasteiger partial charge is 0.261 e.